The number of hydrogen-bond acceptors (Lipinski definition) is 9. The summed E-state index contributed by atoms with van der Waals surface area (Å²) in [6, 6.07) is 14.7. The summed E-state index contributed by atoms with van der Waals surface area (Å²) < 4.78 is 38.4. The summed E-state index contributed by atoms with van der Waals surface area (Å²) in [6.45, 7) is -0.0845. The smallest absolute Gasteiger partial charge is 0.323 e. The van der Waals surface area contributed by atoms with Gasteiger partial charge in [0.25, 0.3) is 0 Å². The van der Waals surface area contributed by atoms with E-state index in [1.165, 1.54) is 24.1 Å². The van der Waals surface area contributed by atoms with Crippen LogP contribution in [-0.4, -0.2) is 94.9 Å². The molecule has 4 rings (SSSR count). The first-order chi connectivity index (χ1) is 21.8. The van der Waals surface area contributed by atoms with Gasteiger partial charge in [0.05, 0.1) is 25.5 Å². The average molecular weight is 673 g/mol. The molecule has 0 aliphatic carbocycles. The molecule has 0 bridgehead atoms. The van der Waals surface area contributed by atoms with E-state index in [1.54, 1.807) is 67.5 Å². The van der Waals surface area contributed by atoms with Crippen molar-refractivity contribution in [3.63, 3.8) is 0 Å². The van der Waals surface area contributed by atoms with Gasteiger partial charge in [-0.3, -0.25) is 24.1 Å². The number of likely N-dealkylation sites (N-methyl/N-ethyl adjacent to an activating group) is 1. The number of halogens is 1. The Labute approximate surface area is 273 Å². The lowest BCUT2D eigenvalue weighted by Crippen LogP contribution is -2.55. The van der Waals surface area contributed by atoms with Gasteiger partial charge in [-0.1, -0.05) is 35.9 Å². The van der Waals surface area contributed by atoms with Crippen LogP contribution < -0.4 is 10.2 Å². The molecule has 246 valence electrons. The molecule has 0 saturated carbocycles. The fraction of sp³-hybridized carbons (Fsp3) is 0.375. The molecule has 1 aliphatic heterocycles. The van der Waals surface area contributed by atoms with E-state index in [-0.39, 0.29) is 30.2 Å². The minimum Gasteiger partial charge on any atom is -0.468 e. The second-order valence-electron chi connectivity index (χ2n) is 11.1. The van der Waals surface area contributed by atoms with Crippen LogP contribution in [0.25, 0.3) is 10.8 Å². The van der Waals surface area contributed by atoms with Crippen molar-refractivity contribution >= 4 is 61.8 Å². The summed E-state index contributed by atoms with van der Waals surface area (Å²) in [4.78, 5) is 53.7. The van der Waals surface area contributed by atoms with Crippen molar-refractivity contribution in [1.29, 1.82) is 0 Å². The largest absolute Gasteiger partial charge is 0.468 e. The SMILES string of the molecule is COC(=O)CN(C1CCCN(c2ccc(CNC(=O)CC(C(=O)OC)N(C)C)cc2)C1=O)S(=O)(=O)c1ccc2cc(Cl)ccc2c1. The first-order valence-electron chi connectivity index (χ1n) is 14.5. The van der Waals surface area contributed by atoms with Crippen LogP contribution in [0.3, 0.4) is 0 Å². The number of nitrogens with one attached hydrogen (secondary N) is 1. The molecule has 2 atom stereocenters. The fourth-order valence-corrected chi connectivity index (χ4v) is 7.05. The van der Waals surface area contributed by atoms with Crippen molar-refractivity contribution < 1.29 is 37.1 Å². The second kappa shape index (κ2) is 15.0. The average Bonchev–Trinajstić information content (AvgIpc) is 3.04. The van der Waals surface area contributed by atoms with Gasteiger partial charge in [-0.2, -0.15) is 4.31 Å². The highest BCUT2D eigenvalue weighted by Crippen LogP contribution is 2.30. The molecule has 14 heteroatoms. The van der Waals surface area contributed by atoms with Crippen LogP contribution in [0, 0.1) is 0 Å². The zero-order valence-corrected chi connectivity index (χ0v) is 27.6. The van der Waals surface area contributed by atoms with Gasteiger partial charge in [0, 0.05) is 23.8 Å². The zero-order valence-electron chi connectivity index (χ0n) is 26.1. The minimum atomic E-state index is -4.31. The molecule has 1 aliphatic rings. The predicted molar refractivity (Wildman–Crippen MR) is 173 cm³/mol. The summed E-state index contributed by atoms with van der Waals surface area (Å²) in [5, 5.41) is 4.67. The van der Waals surface area contributed by atoms with E-state index in [0.717, 1.165) is 22.4 Å². The topological polar surface area (TPSA) is 143 Å². The maximum absolute atomic E-state index is 14.0. The Hall–Kier alpha value is -4.04. The summed E-state index contributed by atoms with van der Waals surface area (Å²) in [5.74, 6) is -2.10. The maximum Gasteiger partial charge on any atom is 0.323 e. The van der Waals surface area contributed by atoms with Crippen LogP contribution in [0.4, 0.5) is 5.69 Å². The Morgan fingerprint density at radius 2 is 1.67 bits per heavy atom. The Kier molecular flexibility index (Phi) is 11.4. The number of rotatable bonds is 12. The lowest BCUT2D eigenvalue weighted by atomic mass is 10.0. The van der Waals surface area contributed by atoms with Crippen molar-refractivity contribution in [1.82, 2.24) is 14.5 Å². The number of nitrogens with zero attached hydrogens (tertiary/aromatic N) is 3. The molecule has 1 saturated heterocycles. The second-order valence-corrected chi connectivity index (χ2v) is 13.4. The fourth-order valence-electron chi connectivity index (χ4n) is 5.28. The predicted octanol–water partition coefficient (Wildman–Crippen LogP) is 2.96. The summed E-state index contributed by atoms with van der Waals surface area (Å²) in [6.07, 6.45) is 0.642. The van der Waals surface area contributed by atoms with E-state index in [2.05, 4.69) is 5.32 Å². The Bertz CT molecular complexity index is 1710. The molecule has 0 aromatic heterocycles. The van der Waals surface area contributed by atoms with E-state index in [0.29, 0.717) is 29.1 Å². The molecule has 1 fully saturated rings. The number of benzene rings is 3. The van der Waals surface area contributed by atoms with Gasteiger partial charge < -0.3 is 19.7 Å². The number of carbonyl (C=O) groups excluding carboxylic acids is 4. The van der Waals surface area contributed by atoms with E-state index in [9.17, 15) is 27.6 Å². The number of methoxy groups -OCH3 is 2. The monoisotopic (exact) mass is 672 g/mol. The highest BCUT2D eigenvalue weighted by molar-refractivity contribution is 7.89. The Morgan fingerprint density at radius 1 is 1.00 bits per heavy atom. The number of sulfonamides is 1. The number of ether oxygens (including phenoxy) is 2. The minimum absolute atomic E-state index is 0.0639. The summed E-state index contributed by atoms with van der Waals surface area (Å²) in [5.41, 5.74) is 1.30. The van der Waals surface area contributed by atoms with Crippen molar-refractivity contribution in [2.45, 2.75) is 42.8 Å². The van der Waals surface area contributed by atoms with E-state index >= 15 is 0 Å². The van der Waals surface area contributed by atoms with E-state index < -0.39 is 46.5 Å². The molecule has 0 spiro atoms. The quantitative estimate of drug-likeness (QED) is 0.287. The van der Waals surface area contributed by atoms with Gasteiger partial charge in [0.1, 0.15) is 18.6 Å². The van der Waals surface area contributed by atoms with E-state index in [4.69, 9.17) is 21.1 Å². The zero-order chi connectivity index (χ0) is 33.6. The molecular formula is C32H37ClN4O8S. The number of hydrogen-bond donors (Lipinski definition) is 1. The number of amides is 2. The first kappa shape index (κ1) is 34.8. The van der Waals surface area contributed by atoms with Gasteiger partial charge in [-0.25, -0.2) is 8.42 Å². The van der Waals surface area contributed by atoms with Crippen molar-refractivity contribution in [2.24, 2.45) is 0 Å². The molecule has 3 aromatic carbocycles. The highest BCUT2D eigenvalue weighted by atomic mass is 35.5. The number of piperidine rings is 1. The lowest BCUT2D eigenvalue weighted by Gasteiger charge is -2.37. The highest BCUT2D eigenvalue weighted by Gasteiger charge is 2.41. The van der Waals surface area contributed by atoms with Crippen LogP contribution in [0.15, 0.2) is 65.6 Å². The molecule has 46 heavy (non-hydrogen) atoms. The molecule has 2 unspecified atom stereocenters. The van der Waals surface area contributed by atoms with Crippen molar-refractivity contribution in [3.8, 4) is 0 Å². The normalized spacial score (nSPS) is 16.0. The third kappa shape index (κ3) is 8.02. The lowest BCUT2D eigenvalue weighted by molar-refractivity contribution is -0.148. The number of fused-ring (bicyclic) bond motifs is 1. The maximum atomic E-state index is 14.0. The van der Waals surface area contributed by atoms with Crippen LogP contribution in [0.5, 0.6) is 0 Å². The molecule has 2 amide bonds. The van der Waals surface area contributed by atoms with Crippen LogP contribution in [0.2, 0.25) is 5.02 Å². The third-order valence-corrected chi connectivity index (χ3v) is 9.95. The molecule has 1 heterocycles. The van der Waals surface area contributed by atoms with E-state index in [1.807, 2.05) is 0 Å². The van der Waals surface area contributed by atoms with Crippen LogP contribution in [-0.2, 0) is 45.2 Å². The summed E-state index contributed by atoms with van der Waals surface area (Å²) >= 11 is 6.08. The van der Waals surface area contributed by atoms with Crippen molar-refractivity contribution in [3.05, 3.63) is 71.2 Å². The van der Waals surface area contributed by atoms with Gasteiger partial charge in [0.15, 0.2) is 0 Å². The van der Waals surface area contributed by atoms with Crippen LogP contribution >= 0.6 is 11.6 Å². The van der Waals surface area contributed by atoms with Crippen molar-refractivity contribution in [2.75, 3.05) is 46.3 Å². The number of carbonyl (C=O) groups is 4. The molecule has 3 aromatic rings. The Morgan fingerprint density at radius 3 is 2.33 bits per heavy atom. The number of esters is 2. The van der Waals surface area contributed by atoms with Gasteiger partial charge in [-0.15, -0.1) is 0 Å². The molecule has 0 radical (unpaired) electrons. The standard InChI is InChI=1S/C32H37ClN4O8S/c1-35(2)28(32(41)45-4)18-29(38)34-19-21-7-12-25(13-8-21)36-15-5-6-27(31(36)40)37(20-30(39)44-3)46(42,43)26-14-10-22-16-24(33)11-9-23(22)17-26/h7-14,16-17,27-28H,5-6,15,18-20H2,1-4H3,(H,34,38). The third-order valence-electron chi connectivity index (χ3n) is 7.86. The summed E-state index contributed by atoms with van der Waals surface area (Å²) in [7, 11) is 1.49. The molecule has 1 N–H and O–H groups in total. The van der Waals surface area contributed by atoms with Gasteiger partial charge in [-0.05, 0) is 79.7 Å². The first-order valence-corrected chi connectivity index (χ1v) is 16.4. The van der Waals surface area contributed by atoms with Gasteiger partial charge in [0.2, 0.25) is 21.8 Å². The van der Waals surface area contributed by atoms with Crippen LogP contribution in [0.1, 0.15) is 24.8 Å². The number of anilines is 1. The molecular weight excluding hydrogens is 636 g/mol. The van der Waals surface area contributed by atoms with Gasteiger partial charge >= 0.3 is 11.9 Å². The molecule has 12 nitrogen and oxygen atoms in total. The Balaban J connectivity index is 1.51.